The van der Waals surface area contributed by atoms with Gasteiger partial charge in [0.05, 0.1) is 6.54 Å². The van der Waals surface area contributed by atoms with E-state index in [1.165, 1.54) is 6.33 Å². The van der Waals surface area contributed by atoms with Gasteiger partial charge in [0, 0.05) is 31.7 Å². The average molecular weight is 312 g/mol. The molecule has 4 rings (SSSR count). The number of rotatable bonds is 3. The number of aromatic amines is 2. The first-order valence-corrected chi connectivity index (χ1v) is 7.46. The number of piperazine rings is 1. The van der Waals surface area contributed by atoms with Gasteiger partial charge < -0.3 is 4.90 Å². The van der Waals surface area contributed by atoms with E-state index in [9.17, 15) is 4.79 Å². The molecule has 1 fully saturated rings. The quantitative estimate of drug-likeness (QED) is 0.707. The molecule has 0 saturated carbocycles. The fraction of sp³-hybridized carbons (Fsp3) is 0.357. The molecule has 0 spiro atoms. The van der Waals surface area contributed by atoms with E-state index in [1.807, 2.05) is 11.0 Å². The molecule has 9 heteroatoms. The van der Waals surface area contributed by atoms with Crippen molar-refractivity contribution in [2.75, 3.05) is 26.2 Å². The third-order valence-corrected chi connectivity index (χ3v) is 4.06. The molecular weight excluding hydrogens is 296 g/mol. The van der Waals surface area contributed by atoms with Crippen molar-refractivity contribution >= 4 is 16.9 Å². The zero-order chi connectivity index (χ0) is 15.6. The summed E-state index contributed by atoms with van der Waals surface area (Å²) in [6.45, 7) is 3.76. The topological polar surface area (TPSA) is 107 Å². The third kappa shape index (κ3) is 2.78. The molecular formula is C14H16N8O. The highest BCUT2D eigenvalue weighted by molar-refractivity contribution is 5.97. The molecule has 0 radical (unpaired) electrons. The van der Waals surface area contributed by atoms with Gasteiger partial charge in [-0.05, 0) is 18.2 Å². The van der Waals surface area contributed by atoms with Crippen molar-refractivity contribution < 1.29 is 4.79 Å². The highest BCUT2D eigenvalue weighted by Gasteiger charge is 2.23. The SMILES string of the molecule is O=C(c1ccc2n[nH]nc2c1)N1CCN(Cc2ncn[nH]2)CC1. The van der Waals surface area contributed by atoms with Gasteiger partial charge in [-0.1, -0.05) is 0 Å². The Morgan fingerprint density at radius 3 is 2.74 bits per heavy atom. The number of nitrogens with zero attached hydrogens (tertiary/aromatic N) is 6. The summed E-state index contributed by atoms with van der Waals surface area (Å²) in [6.07, 6.45) is 1.51. The number of fused-ring (bicyclic) bond motifs is 1. The molecule has 1 amide bonds. The Morgan fingerprint density at radius 2 is 1.96 bits per heavy atom. The monoisotopic (exact) mass is 312 g/mol. The Kier molecular flexibility index (Phi) is 3.46. The number of carbonyl (C=O) groups is 1. The maximum atomic E-state index is 12.6. The van der Waals surface area contributed by atoms with Crippen LogP contribution in [0.5, 0.6) is 0 Å². The molecule has 0 atom stereocenters. The summed E-state index contributed by atoms with van der Waals surface area (Å²) in [5.41, 5.74) is 2.12. The Labute approximate surface area is 131 Å². The predicted octanol–water partition coefficient (Wildman–Crippen LogP) is 0.0340. The van der Waals surface area contributed by atoms with Crippen molar-refractivity contribution in [3.8, 4) is 0 Å². The van der Waals surface area contributed by atoms with Crippen molar-refractivity contribution in [2.24, 2.45) is 0 Å². The first-order valence-electron chi connectivity index (χ1n) is 7.46. The Balaban J connectivity index is 1.40. The van der Waals surface area contributed by atoms with E-state index in [0.29, 0.717) is 24.2 Å². The van der Waals surface area contributed by atoms with Crippen LogP contribution in [0.4, 0.5) is 0 Å². The lowest BCUT2D eigenvalue weighted by Gasteiger charge is -2.34. The van der Waals surface area contributed by atoms with Crippen molar-refractivity contribution in [3.63, 3.8) is 0 Å². The molecule has 1 aromatic carbocycles. The smallest absolute Gasteiger partial charge is 0.254 e. The number of carbonyl (C=O) groups excluding carboxylic acids is 1. The second-order valence-electron chi connectivity index (χ2n) is 5.53. The van der Waals surface area contributed by atoms with E-state index in [4.69, 9.17) is 0 Å². The summed E-state index contributed by atoms with van der Waals surface area (Å²) in [6, 6.07) is 5.39. The minimum Gasteiger partial charge on any atom is -0.336 e. The molecule has 23 heavy (non-hydrogen) atoms. The van der Waals surface area contributed by atoms with Crippen LogP contribution in [0.25, 0.3) is 11.0 Å². The molecule has 118 valence electrons. The van der Waals surface area contributed by atoms with Crippen molar-refractivity contribution in [1.82, 2.24) is 40.4 Å². The minimum atomic E-state index is 0.0363. The zero-order valence-corrected chi connectivity index (χ0v) is 12.4. The van der Waals surface area contributed by atoms with E-state index < -0.39 is 0 Å². The normalized spacial score (nSPS) is 16.1. The van der Waals surface area contributed by atoms with Crippen LogP contribution in [0.15, 0.2) is 24.5 Å². The average Bonchev–Trinajstić information content (AvgIpc) is 3.25. The van der Waals surface area contributed by atoms with Crippen LogP contribution in [-0.4, -0.2) is 72.5 Å². The molecule has 0 bridgehead atoms. The van der Waals surface area contributed by atoms with Gasteiger partial charge in [-0.15, -0.1) is 0 Å². The molecule has 9 nitrogen and oxygen atoms in total. The van der Waals surface area contributed by atoms with Gasteiger partial charge in [-0.2, -0.15) is 20.5 Å². The van der Waals surface area contributed by atoms with E-state index in [1.54, 1.807) is 12.1 Å². The van der Waals surface area contributed by atoms with Gasteiger partial charge in [-0.3, -0.25) is 14.8 Å². The van der Waals surface area contributed by atoms with E-state index in [-0.39, 0.29) is 5.91 Å². The molecule has 1 aliphatic rings. The number of amides is 1. The minimum absolute atomic E-state index is 0.0363. The second-order valence-corrected chi connectivity index (χ2v) is 5.53. The standard InChI is InChI=1S/C14H16N8O/c23-14(10-1-2-11-12(7-10)18-20-17-11)22-5-3-21(4-6-22)8-13-15-9-16-19-13/h1-2,7,9H,3-6,8H2,(H,15,16,19)(H,17,18,20). The molecule has 2 N–H and O–H groups in total. The van der Waals surface area contributed by atoms with E-state index in [2.05, 4.69) is 35.5 Å². The van der Waals surface area contributed by atoms with Crippen LogP contribution >= 0.6 is 0 Å². The lowest BCUT2D eigenvalue weighted by atomic mass is 10.1. The van der Waals surface area contributed by atoms with Gasteiger partial charge in [0.25, 0.3) is 5.91 Å². The summed E-state index contributed by atoms with van der Waals surface area (Å²) in [5.74, 6) is 0.885. The van der Waals surface area contributed by atoms with Crippen molar-refractivity contribution in [2.45, 2.75) is 6.54 Å². The third-order valence-electron chi connectivity index (χ3n) is 4.06. The molecule has 2 aromatic heterocycles. The second kappa shape index (κ2) is 5.76. The van der Waals surface area contributed by atoms with Gasteiger partial charge >= 0.3 is 0 Å². The molecule has 1 aliphatic heterocycles. The summed E-state index contributed by atoms with van der Waals surface area (Å²) in [7, 11) is 0. The summed E-state index contributed by atoms with van der Waals surface area (Å²) in [5, 5.41) is 17.3. The molecule has 0 unspecified atom stereocenters. The van der Waals surface area contributed by atoms with E-state index in [0.717, 1.165) is 31.0 Å². The first-order chi connectivity index (χ1) is 11.3. The van der Waals surface area contributed by atoms with Crippen LogP contribution in [-0.2, 0) is 6.54 Å². The van der Waals surface area contributed by atoms with Crippen molar-refractivity contribution in [1.29, 1.82) is 0 Å². The number of aromatic nitrogens is 6. The van der Waals surface area contributed by atoms with Gasteiger partial charge in [0.2, 0.25) is 0 Å². The summed E-state index contributed by atoms with van der Waals surface area (Å²) in [4.78, 5) is 20.9. The Hall–Kier alpha value is -2.81. The molecule has 3 heterocycles. The predicted molar refractivity (Wildman–Crippen MR) is 81.5 cm³/mol. The molecule has 1 saturated heterocycles. The van der Waals surface area contributed by atoms with Crippen LogP contribution in [0.1, 0.15) is 16.2 Å². The number of benzene rings is 1. The largest absolute Gasteiger partial charge is 0.336 e. The molecule has 0 aliphatic carbocycles. The summed E-state index contributed by atoms with van der Waals surface area (Å²) >= 11 is 0. The van der Waals surface area contributed by atoms with Crippen LogP contribution < -0.4 is 0 Å². The summed E-state index contributed by atoms with van der Waals surface area (Å²) < 4.78 is 0. The Bertz CT molecular complexity index is 803. The number of nitrogens with one attached hydrogen (secondary N) is 2. The van der Waals surface area contributed by atoms with Crippen LogP contribution in [0.2, 0.25) is 0 Å². The van der Waals surface area contributed by atoms with Gasteiger partial charge in [-0.25, -0.2) is 4.98 Å². The first kappa shape index (κ1) is 13.8. The lowest BCUT2D eigenvalue weighted by molar-refractivity contribution is 0.0625. The van der Waals surface area contributed by atoms with Crippen LogP contribution in [0.3, 0.4) is 0 Å². The number of H-pyrrole nitrogens is 2. The zero-order valence-electron chi connectivity index (χ0n) is 12.4. The maximum Gasteiger partial charge on any atom is 0.254 e. The van der Waals surface area contributed by atoms with Crippen molar-refractivity contribution in [3.05, 3.63) is 35.9 Å². The fourth-order valence-electron chi connectivity index (χ4n) is 2.78. The van der Waals surface area contributed by atoms with Crippen LogP contribution in [0, 0.1) is 0 Å². The maximum absolute atomic E-state index is 12.6. The number of hydrogen-bond acceptors (Lipinski definition) is 6. The highest BCUT2D eigenvalue weighted by atomic mass is 16.2. The Morgan fingerprint density at radius 1 is 1.13 bits per heavy atom. The highest BCUT2D eigenvalue weighted by Crippen LogP contribution is 2.14. The number of hydrogen-bond donors (Lipinski definition) is 2. The lowest BCUT2D eigenvalue weighted by Crippen LogP contribution is -2.48. The molecule has 3 aromatic rings. The fourth-order valence-corrected chi connectivity index (χ4v) is 2.78. The van der Waals surface area contributed by atoms with E-state index >= 15 is 0 Å². The van der Waals surface area contributed by atoms with Gasteiger partial charge in [0.15, 0.2) is 0 Å². The van der Waals surface area contributed by atoms with Gasteiger partial charge in [0.1, 0.15) is 23.2 Å².